The maximum Gasteiger partial charge on any atom is 0.337 e. The van der Waals surface area contributed by atoms with E-state index >= 15 is 0 Å². The Bertz CT molecular complexity index is 1060. The summed E-state index contributed by atoms with van der Waals surface area (Å²) in [5, 5.41) is 7.04. The molecule has 0 aliphatic carbocycles. The number of carbonyl (C=O) groups is 2. The van der Waals surface area contributed by atoms with Crippen molar-refractivity contribution in [2.45, 2.75) is 26.2 Å². The van der Waals surface area contributed by atoms with Crippen molar-refractivity contribution in [3.8, 4) is 17.2 Å². The Kier molecular flexibility index (Phi) is 6.51. The van der Waals surface area contributed by atoms with Crippen LogP contribution in [0.4, 0.5) is 0 Å². The van der Waals surface area contributed by atoms with E-state index in [1.807, 2.05) is 25.3 Å². The summed E-state index contributed by atoms with van der Waals surface area (Å²) in [6.07, 6.45) is 2.17. The second-order valence-corrected chi connectivity index (χ2v) is 6.92. The van der Waals surface area contributed by atoms with E-state index in [2.05, 4.69) is 10.2 Å². The van der Waals surface area contributed by atoms with Crippen LogP contribution in [-0.4, -0.2) is 36.2 Å². The van der Waals surface area contributed by atoms with Gasteiger partial charge < -0.3 is 14.2 Å². The Labute approximate surface area is 175 Å². The summed E-state index contributed by atoms with van der Waals surface area (Å²) in [7, 11) is 2.89. The SMILES string of the molecule is COC(=O)c1cccc(Oc2ccc(C(CC(C)=O)c3c[nH]nc3C)cc2OC)c1. The van der Waals surface area contributed by atoms with Gasteiger partial charge in [0, 0.05) is 24.1 Å². The first-order valence-corrected chi connectivity index (χ1v) is 9.46. The molecule has 1 heterocycles. The van der Waals surface area contributed by atoms with E-state index in [1.54, 1.807) is 44.4 Å². The number of aromatic amines is 1. The molecule has 0 fully saturated rings. The fourth-order valence-corrected chi connectivity index (χ4v) is 3.33. The molecule has 156 valence electrons. The lowest BCUT2D eigenvalue weighted by atomic mass is 9.87. The highest BCUT2D eigenvalue weighted by Gasteiger charge is 2.21. The third kappa shape index (κ3) is 4.68. The van der Waals surface area contributed by atoms with E-state index in [4.69, 9.17) is 14.2 Å². The molecule has 0 saturated heterocycles. The molecule has 7 heteroatoms. The average Bonchev–Trinajstić information content (AvgIpc) is 3.17. The van der Waals surface area contributed by atoms with Crippen LogP contribution in [0.3, 0.4) is 0 Å². The largest absolute Gasteiger partial charge is 0.493 e. The van der Waals surface area contributed by atoms with Crippen LogP contribution in [0, 0.1) is 6.92 Å². The highest BCUT2D eigenvalue weighted by Crippen LogP contribution is 2.37. The van der Waals surface area contributed by atoms with Crippen molar-refractivity contribution in [2.75, 3.05) is 14.2 Å². The molecule has 0 saturated carbocycles. The number of Topliss-reactive ketones (excluding diaryl/α,β-unsaturated/α-hetero) is 1. The van der Waals surface area contributed by atoms with Crippen LogP contribution >= 0.6 is 0 Å². The molecule has 1 unspecified atom stereocenters. The van der Waals surface area contributed by atoms with Gasteiger partial charge in [0.25, 0.3) is 0 Å². The molecule has 0 bridgehead atoms. The van der Waals surface area contributed by atoms with Gasteiger partial charge in [0.15, 0.2) is 11.5 Å². The number of rotatable bonds is 8. The minimum atomic E-state index is -0.440. The fraction of sp³-hybridized carbons (Fsp3) is 0.261. The summed E-state index contributed by atoms with van der Waals surface area (Å²) in [5.41, 5.74) is 3.12. The number of nitrogens with zero attached hydrogens (tertiary/aromatic N) is 1. The number of ketones is 1. The highest BCUT2D eigenvalue weighted by molar-refractivity contribution is 5.89. The summed E-state index contributed by atoms with van der Waals surface area (Å²) in [6, 6.07) is 12.3. The number of aromatic nitrogens is 2. The standard InChI is InChI=1S/C23H24N2O5/c1-14(26)10-19(20-13-24-25-15(20)2)16-8-9-21(22(12-16)28-3)30-18-7-5-6-17(11-18)23(27)29-4/h5-9,11-13,19H,10H2,1-4H3,(H,24,25). The minimum Gasteiger partial charge on any atom is -0.493 e. The summed E-state index contributed by atoms with van der Waals surface area (Å²) in [4.78, 5) is 23.6. The van der Waals surface area contributed by atoms with Crippen LogP contribution in [-0.2, 0) is 9.53 Å². The van der Waals surface area contributed by atoms with Crippen LogP contribution < -0.4 is 9.47 Å². The molecule has 1 atom stereocenters. The number of H-pyrrole nitrogens is 1. The van der Waals surface area contributed by atoms with E-state index in [0.717, 1.165) is 16.8 Å². The molecule has 1 N–H and O–H groups in total. The Morgan fingerprint density at radius 1 is 1.10 bits per heavy atom. The Hall–Kier alpha value is -3.61. The molecular formula is C23H24N2O5. The van der Waals surface area contributed by atoms with E-state index in [-0.39, 0.29) is 11.7 Å². The number of benzene rings is 2. The van der Waals surface area contributed by atoms with Gasteiger partial charge in [0.05, 0.1) is 25.5 Å². The minimum absolute atomic E-state index is 0.0829. The number of esters is 1. The van der Waals surface area contributed by atoms with Crippen LogP contribution in [0.1, 0.15) is 46.4 Å². The Morgan fingerprint density at radius 3 is 2.53 bits per heavy atom. The lowest BCUT2D eigenvalue weighted by Gasteiger charge is -2.18. The number of aryl methyl sites for hydroxylation is 1. The highest BCUT2D eigenvalue weighted by atomic mass is 16.5. The van der Waals surface area contributed by atoms with Gasteiger partial charge in [-0.25, -0.2) is 4.79 Å². The van der Waals surface area contributed by atoms with Gasteiger partial charge in [0.1, 0.15) is 11.5 Å². The molecular weight excluding hydrogens is 384 g/mol. The molecule has 30 heavy (non-hydrogen) atoms. The Balaban J connectivity index is 1.93. The topological polar surface area (TPSA) is 90.5 Å². The van der Waals surface area contributed by atoms with Gasteiger partial charge in [0.2, 0.25) is 0 Å². The summed E-state index contributed by atoms with van der Waals surface area (Å²) in [6.45, 7) is 3.48. The Morgan fingerprint density at radius 2 is 1.90 bits per heavy atom. The zero-order valence-corrected chi connectivity index (χ0v) is 17.4. The average molecular weight is 408 g/mol. The maximum atomic E-state index is 11.9. The number of ether oxygens (including phenoxy) is 3. The van der Waals surface area contributed by atoms with Gasteiger partial charge in [-0.05, 0) is 49.7 Å². The monoisotopic (exact) mass is 408 g/mol. The molecule has 0 aliphatic heterocycles. The predicted octanol–water partition coefficient (Wildman–Crippen LogP) is 4.42. The van der Waals surface area contributed by atoms with Crippen molar-refractivity contribution in [3.63, 3.8) is 0 Å². The molecule has 0 radical (unpaired) electrons. The van der Waals surface area contributed by atoms with Crippen molar-refractivity contribution >= 4 is 11.8 Å². The molecule has 3 aromatic rings. The van der Waals surface area contributed by atoms with Crippen molar-refractivity contribution < 1.29 is 23.8 Å². The zero-order chi connectivity index (χ0) is 21.7. The molecule has 0 amide bonds. The van der Waals surface area contributed by atoms with Crippen molar-refractivity contribution in [2.24, 2.45) is 0 Å². The second kappa shape index (κ2) is 9.26. The molecule has 0 spiro atoms. The van der Waals surface area contributed by atoms with Crippen LogP contribution in [0.25, 0.3) is 0 Å². The van der Waals surface area contributed by atoms with Gasteiger partial charge >= 0.3 is 5.97 Å². The lowest BCUT2D eigenvalue weighted by molar-refractivity contribution is -0.117. The maximum absolute atomic E-state index is 11.9. The van der Waals surface area contributed by atoms with E-state index in [9.17, 15) is 9.59 Å². The van der Waals surface area contributed by atoms with Crippen molar-refractivity contribution in [1.29, 1.82) is 0 Å². The second-order valence-electron chi connectivity index (χ2n) is 6.92. The van der Waals surface area contributed by atoms with E-state index in [1.165, 1.54) is 7.11 Å². The van der Waals surface area contributed by atoms with Gasteiger partial charge in [-0.15, -0.1) is 0 Å². The fourth-order valence-electron chi connectivity index (χ4n) is 3.33. The molecule has 0 aliphatic rings. The van der Waals surface area contributed by atoms with Crippen molar-refractivity contribution in [3.05, 3.63) is 71.0 Å². The van der Waals surface area contributed by atoms with Gasteiger partial charge in [-0.3, -0.25) is 9.89 Å². The smallest absolute Gasteiger partial charge is 0.337 e. The van der Waals surface area contributed by atoms with Crippen LogP contribution in [0.2, 0.25) is 0 Å². The molecule has 1 aromatic heterocycles. The van der Waals surface area contributed by atoms with Crippen LogP contribution in [0.5, 0.6) is 17.2 Å². The first-order chi connectivity index (χ1) is 14.4. The number of carbonyl (C=O) groups excluding carboxylic acids is 2. The summed E-state index contributed by atoms with van der Waals surface area (Å²) in [5.74, 6) is 0.992. The van der Waals surface area contributed by atoms with E-state index < -0.39 is 5.97 Å². The van der Waals surface area contributed by atoms with E-state index in [0.29, 0.717) is 29.2 Å². The number of hydrogen-bond donors (Lipinski definition) is 1. The van der Waals surface area contributed by atoms with Gasteiger partial charge in [-0.2, -0.15) is 5.10 Å². The molecule has 2 aromatic carbocycles. The quantitative estimate of drug-likeness (QED) is 0.555. The predicted molar refractivity (Wildman–Crippen MR) is 111 cm³/mol. The van der Waals surface area contributed by atoms with Gasteiger partial charge in [-0.1, -0.05) is 12.1 Å². The normalized spacial score (nSPS) is 11.6. The lowest BCUT2D eigenvalue weighted by Crippen LogP contribution is -2.07. The number of methoxy groups -OCH3 is 2. The summed E-state index contributed by atoms with van der Waals surface area (Å²) >= 11 is 0. The van der Waals surface area contributed by atoms with Crippen LogP contribution in [0.15, 0.2) is 48.7 Å². The molecule has 3 rings (SSSR count). The first-order valence-electron chi connectivity index (χ1n) is 9.46. The van der Waals surface area contributed by atoms with Crippen molar-refractivity contribution in [1.82, 2.24) is 10.2 Å². The summed E-state index contributed by atoms with van der Waals surface area (Å²) < 4.78 is 16.2. The third-order valence-corrected chi connectivity index (χ3v) is 4.81. The number of hydrogen-bond acceptors (Lipinski definition) is 6. The number of nitrogens with one attached hydrogen (secondary N) is 1. The third-order valence-electron chi connectivity index (χ3n) is 4.81. The molecule has 7 nitrogen and oxygen atoms in total. The first kappa shape index (κ1) is 21.1. The zero-order valence-electron chi connectivity index (χ0n) is 17.4.